The molecular formula is C43H49N3O10. The molecule has 3 aliphatic heterocycles. The van der Waals surface area contributed by atoms with Crippen LogP contribution in [-0.4, -0.2) is 69.0 Å². The lowest BCUT2D eigenvalue weighted by Gasteiger charge is -2.36. The number of hydrogen-bond donors (Lipinski definition) is 4. The molecule has 56 heavy (non-hydrogen) atoms. The Kier molecular flexibility index (Phi) is 11.1. The second kappa shape index (κ2) is 15.5. The van der Waals surface area contributed by atoms with Gasteiger partial charge in [0, 0.05) is 49.3 Å². The van der Waals surface area contributed by atoms with Crippen LogP contribution < -0.4 is 15.5 Å². The highest BCUT2D eigenvalue weighted by atomic mass is 16.7. The van der Waals surface area contributed by atoms with Crippen molar-refractivity contribution in [1.29, 1.82) is 0 Å². The minimum Gasteiger partial charge on any atom is -0.507 e. The van der Waals surface area contributed by atoms with Crippen LogP contribution in [0.25, 0.3) is 33.2 Å². The lowest BCUT2D eigenvalue weighted by atomic mass is 9.79. The number of esters is 1. The fourth-order valence-electron chi connectivity index (χ4n) is 7.94. The molecule has 4 N–H and O–H groups in total. The van der Waals surface area contributed by atoms with E-state index in [0.717, 1.165) is 0 Å². The summed E-state index contributed by atoms with van der Waals surface area (Å²) in [6.07, 6.45) is 6.41. The number of anilines is 1. The maximum Gasteiger partial charge on any atom is 0.312 e. The number of nitrogens with one attached hydrogen (secondary N) is 2. The Morgan fingerprint density at radius 3 is 2.45 bits per heavy atom. The Hall–Kier alpha value is -5.53. The summed E-state index contributed by atoms with van der Waals surface area (Å²) in [4.78, 5) is 63.1. The summed E-state index contributed by atoms with van der Waals surface area (Å²) in [5.74, 6) is -5.30. The summed E-state index contributed by atoms with van der Waals surface area (Å²) in [5, 5.41) is 25.7. The van der Waals surface area contributed by atoms with Gasteiger partial charge in [-0.3, -0.25) is 19.2 Å². The zero-order valence-corrected chi connectivity index (χ0v) is 33.1. The van der Waals surface area contributed by atoms with Gasteiger partial charge >= 0.3 is 11.8 Å². The van der Waals surface area contributed by atoms with Crippen LogP contribution >= 0.6 is 0 Å². The zero-order valence-electron chi connectivity index (χ0n) is 33.1. The van der Waals surface area contributed by atoms with Gasteiger partial charge in [0.1, 0.15) is 23.3 Å². The van der Waals surface area contributed by atoms with E-state index in [1.54, 1.807) is 49.4 Å². The molecule has 6 rings (SSSR count). The SMILES string of the molecule is CO[C@H]1/C=C/O[C@@]2(C)Oc3c(C)c(O)c4c(=O)c(c5[nH]c6ccccc6nc-5c4c3C2=O)NC(=O)/C(C)=C\C=C\[C@H](C)C[C@@H](C)[C@@H](O)[C@@H](C)[C@H](OC(C)=O)[C@@H]1C. The molecule has 1 amide bonds. The number of allylic oxidation sites excluding steroid dienone is 3. The van der Waals surface area contributed by atoms with Gasteiger partial charge in [-0.2, -0.15) is 0 Å². The van der Waals surface area contributed by atoms with Crippen molar-refractivity contribution in [2.75, 3.05) is 12.4 Å². The molecule has 0 fully saturated rings. The number of aromatic amines is 1. The van der Waals surface area contributed by atoms with E-state index >= 15 is 0 Å². The largest absolute Gasteiger partial charge is 0.507 e. The van der Waals surface area contributed by atoms with Gasteiger partial charge in [-0.25, -0.2) is 4.98 Å². The van der Waals surface area contributed by atoms with E-state index in [2.05, 4.69) is 10.3 Å². The summed E-state index contributed by atoms with van der Waals surface area (Å²) in [7, 11) is 1.49. The first kappa shape index (κ1) is 40.1. The normalized spacial score (nSPS) is 29.8. The standard InChI is InChI=1S/C43H49N3O10/c1-20-13-12-14-21(2)42(52)46-35-34-33(44-27-15-10-11-16-28(27)45-34)30-31(38(35)50)37(49)25(6)40-32(30)41(51)43(8,56-40)54-18-17-29(53-9)23(4)39(55-26(7)47)24(5)36(48)22(3)19-20/h10-18,20,22-24,29,36,39,45,48-49H,19H2,1-9H3,(H,46,52)/b13-12+,18-17+,21-14-/t20-,22+,23+,24+,29-,36+,39+,43-/m0/s1. The Morgan fingerprint density at radius 1 is 1.04 bits per heavy atom. The Morgan fingerprint density at radius 2 is 1.75 bits per heavy atom. The third-order valence-corrected chi connectivity index (χ3v) is 11.1. The highest BCUT2D eigenvalue weighted by molar-refractivity contribution is 6.22. The maximum absolute atomic E-state index is 14.5. The summed E-state index contributed by atoms with van der Waals surface area (Å²) in [6, 6.07) is 7.10. The quantitative estimate of drug-likeness (QED) is 0.0965. The van der Waals surface area contributed by atoms with E-state index in [9.17, 15) is 29.4 Å². The van der Waals surface area contributed by atoms with Crippen molar-refractivity contribution in [1.82, 2.24) is 9.97 Å². The minimum atomic E-state index is -1.96. The van der Waals surface area contributed by atoms with Gasteiger partial charge in [-0.1, -0.05) is 58.1 Å². The van der Waals surface area contributed by atoms with Crippen LogP contribution in [-0.2, 0) is 23.8 Å². The molecule has 4 bridgehead atoms. The number of H-pyrrole nitrogens is 1. The van der Waals surface area contributed by atoms with Gasteiger partial charge < -0.3 is 39.5 Å². The van der Waals surface area contributed by atoms with E-state index < -0.39 is 64.8 Å². The molecule has 0 aromatic heterocycles. The molecule has 2 aromatic carbocycles. The van der Waals surface area contributed by atoms with Crippen molar-refractivity contribution < 1.29 is 43.5 Å². The number of aliphatic hydroxyl groups is 1. The van der Waals surface area contributed by atoms with Crippen LogP contribution in [0.3, 0.4) is 0 Å². The minimum absolute atomic E-state index is 0.00781. The molecule has 2 aromatic rings. The molecule has 296 valence electrons. The number of methoxy groups -OCH3 is 1. The van der Waals surface area contributed by atoms with Gasteiger partial charge in [0.25, 0.3) is 11.7 Å². The molecule has 8 atom stereocenters. The van der Waals surface area contributed by atoms with Crippen molar-refractivity contribution >= 4 is 45.2 Å². The number of aromatic nitrogens is 2. The summed E-state index contributed by atoms with van der Waals surface area (Å²) in [5.41, 5.74) is 0.871. The number of Topliss-reactive ketones (excluding diaryl/α,β-unsaturated/α-hetero) is 1. The molecule has 4 aliphatic rings. The van der Waals surface area contributed by atoms with Crippen LogP contribution in [0.2, 0.25) is 0 Å². The first-order valence-electron chi connectivity index (χ1n) is 18.8. The lowest BCUT2D eigenvalue weighted by molar-refractivity contribution is -0.159. The van der Waals surface area contributed by atoms with Gasteiger partial charge in [-0.15, -0.1) is 0 Å². The van der Waals surface area contributed by atoms with Crippen LogP contribution in [0.5, 0.6) is 11.5 Å². The predicted molar refractivity (Wildman–Crippen MR) is 212 cm³/mol. The van der Waals surface area contributed by atoms with E-state index in [0.29, 0.717) is 17.5 Å². The molecule has 13 heteroatoms. The van der Waals surface area contributed by atoms with E-state index in [4.69, 9.17) is 23.9 Å². The first-order chi connectivity index (χ1) is 26.5. The number of carbonyl (C=O) groups excluding carboxylic acids is 3. The number of amides is 1. The number of ketones is 1. The summed E-state index contributed by atoms with van der Waals surface area (Å²) >= 11 is 0. The van der Waals surface area contributed by atoms with Crippen LogP contribution in [0, 0.1) is 30.6 Å². The predicted octanol–water partition coefficient (Wildman–Crippen LogP) is 6.71. The second-order valence-corrected chi connectivity index (χ2v) is 15.3. The van der Waals surface area contributed by atoms with E-state index in [-0.39, 0.29) is 62.1 Å². The number of para-hydroxylation sites is 2. The highest BCUT2D eigenvalue weighted by Gasteiger charge is 2.50. The van der Waals surface area contributed by atoms with E-state index in [1.165, 1.54) is 34.1 Å². The highest BCUT2D eigenvalue weighted by Crippen LogP contribution is 2.50. The average molecular weight is 768 g/mol. The van der Waals surface area contributed by atoms with Gasteiger partial charge in [0.05, 0.1) is 51.8 Å². The molecule has 3 heterocycles. The number of aliphatic hydroxyl groups excluding tert-OH is 1. The fourth-order valence-corrected chi connectivity index (χ4v) is 7.94. The van der Waals surface area contributed by atoms with Crippen LogP contribution in [0.15, 0.2) is 65.2 Å². The molecule has 0 spiro atoms. The number of phenolic OH excluding ortho intramolecular Hbond substituents is 1. The zero-order chi connectivity index (χ0) is 40.8. The third-order valence-electron chi connectivity index (χ3n) is 11.1. The van der Waals surface area contributed by atoms with Gasteiger partial charge in [-0.05, 0) is 50.3 Å². The van der Waals surface area contributed by atoms with Crippen molar-refractivity contribution in [2.24, 2.45) is 23.7 Å². The first-order valence-corrected chi connectivity index (χ1v) is 18.8. The molecule has 0 saturated heterocycles. The molecule has 0 saturated carbocycles. The topological polar surface area (TPSA) is 186 Å². The smallest absolute Gasteiger partial charge is 0.312 e. The second-order valence-electron chi connectivity index (χ2n) is 15.3. The number of benzene rings is 3. The lowest BCUT2D eigenvalue weighted by Crippen LogP contribution is -2.44. The number of aromatic hydroxyl groups is 1. The van der Waals surface area contributed by atoms with Crippen molar-refractivity contribution in [2.45, 2.75) is 85.9 Å². The van der Waals surface area contributed by atoms with Crippen LogP contribution in [0.1, 0.15) is 70.8 Å². The molecule has 13 nitrogen and oxygen atoms in total. The number of carbonyl (C=O) groups is 3. The van der Waals surface area contributed by atoms with Crippen molar-refractivity contribution in [3.63, 3.8) is 0 Å². The number of hydrogen-bond acceptors (Lipinski definition) is 11. The van der Waals surface area contributed by atoms with Crippen LogP contribution in [0.4, 0.5) is 5.69 Å². The Labute approximate surface area is 324 Å². The van der Waals surface area contributed by atoms with Crippen molar-refractivity contribution in [3.05, 3.63) is 81.8 Å². The monoisotopic (exact) mass is 767 g/mol. The Bertz CT molecular complexity index is 2340. The Balaban J connectivity index is 1.56. The number of ether oxygens (including phenoxy) is 4. The number of phenols is 1. The fraction of sp³-hybridized carbons (Fsp3) is 0.419. The maximum atomic E-state index is 14.5. The molecule has 0 unspecified atom stereocenters. The molecule has 0 radical (unpaired) electrons. The number of fused-ring (bicyclic) bond motifs is 2. The van der Waals surface area contributed by atoms with Crippen molar-refractivity contribution in [3.8, 4) is 22.9 Å². The van der Waals surface area contributed by atoms with Gasteiger partial charge in [0.2, 0.25) is 5.43 Å². The van der Waals surface area contributed by atoms with E-state index in [1.807, 2.05) is 33.8 Å². The number of rotatable bonds is 2. The average Bonchev–Trinajstić information content (AvgIpc) is 3.42. The molecular weight excluding hydrogens is 718 g/mol. The third kappa shape index (κ3) is 7.16. The van der Waals surface area contributed by atoms with Gasteiger partial charge in [0.15, 0.2) is 0 Å². The summed E-state index contributed by atoms with van der Waals surface area (Å²) < 4.78 is 23.9. The molecule has 1 aliphatic carbocycles. The summed E-state index contributed by atoms with van der Waals surface area (Å²) in [6.45, 7) is 13.4. The number of nitrogens with zero attached hydrogens (tertiary/aromatic N) is 1.